The fourth-order valence-corrected chi connectivity index (χ4v) is 4.14. The molecule has 1 aliphatic rings. The van der Waals surface area contributed by atoms with Gasteiger partial charge >= 0.3 is 0 Å². The van der Waals surface area contributed by atoms with Gasteiger partial charge in [-0.25, -0.2) is 14.6 Å². The van der Waals surface area contributed by atoms with E-state index in [1.54, 1.807) is 17.5 Å². The Morgan fingerprint density at radius 1 is 1.04 bits per heavy atom. The molecule has 0 N–H and O–H groups in total. The maximum absolute atomic E-state index is 4.80. The van der Waals surface area contributed by atoms with Crippen molar-refractivity contribution >= 4 is 17.2 Å². The Kier molecular flexibility index (Phi) is 5.18. The summed E-state index contributed by atoms with van der Waals surface area (Å²) in [6, 6.07) is 2.05. The molecule has 0 amide bonds. The molecule has 3 aromatic rings. The van der Waals surface area contributed by atoms with E-state index in [0.29, 0.717) is 0 Å². The normalized spacial score (nSPS) is 15.4. The molecule has 4 rings (SSSR count). The second-order valence-corrected chi connectivity index (χ2v) is 7.87. The first-order valence-corrected chi connectivity index (χ1v) is 10.3. The monoisotopic (exact) mass is 383 g/mol. The lowest BCUT2D eigenvalue weighted by atomic mass is 10.3. The van der Waals surface area contributed by atoms with Gasteiger partial charge in [-0.15, -0.1) is 11.3 Å². The van der Waals surface area contributed by atoms with Crippen LogP contribution in [0.3, 0.4) is 0 Å². The van der Waals surface area contributed by atoms with E-state index < -0.39 is 0 Å². The van der Waals surface area contributed by atoms with E-state index in [1.807, 2.05) is 24.7 Å². The molecule has 142 valence electrons. The topological polar surface area (TPSA) is 63.0 Å². The highest BCUT2D eigenvalue weighted by Gasteiger charge is 2.20. The molecule has 1 fully saturated rings. The van der Waals surface area contributed by atoms with Crippen LogP contribution in [0.5, 0.6) is 0 Å². The Hall–Kier alpha value is -2.32. The number of piperazine rings is 1. The lowest BCUT2D eigenvalue weighted by molar-refractivity contribution is 0.247. The zero-order valence-electron chi connectivity index (χ0n) is 16.1. The predicted molar refractivity (Wildman–Crippen MR) is 108 cm³/mol. The Labute approximate surface area is 163 Å². The molecule has 0 unspecified atom stereocenters. The molecule has 0 saturated carbocycles. The lowest BCUT2D eigenvalue weighted by Crippen LogP contribution is -2.46. The molecule has 0 aromatic carbocycles. The van der Waals surface area contributed by atoms with Gasteiger partial charge in [0.1, 0.15) is 5.82 Å². The largest absolute Gasteiger partial charge is 0.353 e. The van der Waals surface area contributed by atoms with Crippen LogP contribution in [-0.2, 0) is 13.0 Å². The number of rotatable bonds is 5. The van der Waals surface area contributed by atoms with Crippen molar-refractivity contribution in [1.82, 2.24) is 29.6 Å². The van der Waals surface area contributed by atoms with Crippen LogP contribution in [-0.4, -0.2) is 55.8 Å². The van der Waals surface area contributed by atoms with Gasteiger partial charge in [-0.2, -0.15) is 5.10 Å². The Morgan fingerprint density at radius 2 is 1.81 bits per heavy atom. The van der Waals surface area contributed by atoms with Crippen molar-refractivity contribution in [2.24, 2.45) is 0 Å². The summed E-state index contributed by atoms with van der Waals surface area (Å²) in [5.74, 6) is 1.69. The molecule has 0 radical (unpaired) electrons. The van der Waals surface area contributed by atoms with Crippen molar-refractivity contribution in [2.75, 3.05) is 31.1 Å². The number of aryl methyl sites for hydroxylation is 3. The maximum Gasteiger partial charge on any atom is 0.174 e. The molecule has 0 atom stereocenters. The summed E-state index contributed by atoms with van der Waals surface area (Å²) in [5, 5.41) is 7.93. The molecule has 1 saturated heterocycles. The molecule has 0 bridgehead atoms. The van der Waals surface area contributed by atoms with Gasteiger partial charge in [-0.1, -0.05) is 6.92 Å². The van der Waals surface area contributed by atoms with Gasteiger partial charge in [-0.3, -0.25) is 9.88 Å². The van der Waals surface area contributed by atoms with Crippen molar-refractivity contribution in [2.45, 2.75) is 33.7 Å². The summed E-state index contributed by atoms with van der Waals surface area (Å²) in [7, 11) is 0. The van der Waals surface area contributed by atoms with Gasteiger partial charge in [0.15, 0.2) is 5.82 Å². The third-order valence-electron chi connectivity index (χ3n) is 4.82. The van der Waals surface area contributed by atoms with E-state index in [0.717, 1.165) is 62.2 Å². The highest BCUT2D eigenvalue weighted by atomic mass is 32.1. The van der Waals surface area contributed by atoms with Gasteiger partial charge in [0.05, 0.1) is 28.8 Å². The zero-order valence-corrected chi connectivity index (χ0v) is 16.9. The number of hydrogen-bond acceptors (Lipinski definition) is 7. The highest BCUT2D eigenvalue weighted by molar-refractivity contribution is 7.09. The molecular weight excluding hydrogens is 358 g/mol. The molecule has 1 aliphatic heterocycles. The van der Waals surface area contributed by atoms with Crippen LogP contribution in [0.2, 0.25) is 0 Å². The Bertz CT molecular complexity index is 908. The quantitative estimate of drug-likeness (QED) is 0.675. The molecule has 27 heavy (non-hydrogen) atoms. The van der Waals surface area contributed by atoms with Gasteiger partial charge in [-0.05, 0) is 26.3 Å². The minimum atomic E-state index is 0.773. The number of anilines is 1. The first-order valence-electron chi connectivity index (χ1n) is 9.38. The number of thiazole rings is 1. The SMILES string of the molecule is CCc1nc(CN2CCN(c3cncc(-n4nc(C)cc4C)n3)CC2)cs1. The van der Waals surface area contributed by atoms with Crippen LogP contribution in [0.25, 0.3) is 5.82 Å². The van der Waals surface area contributed by atoms with Crippen LogP contribution in [0.4, 0.5) is 5.82 Å². The van der Waals surface area contributed by atoms with Gasteiger partial charge in [0, 0.05) is 43.8 Å². The molecule has 3 aromatic heterocycles. The minimum Gasteiger partial charge on any atom is -0.353 e. The smallest absolute Gasteiger partial charge is 0.174 e. The first kappa shape index (κ1) is 18.1. The standard InChI is InChI=1S/C19H25N7S/c1-4-19-21-16(13-27-19)12-24-5-7-25(8-6-24)17-10-20-11-18(22-17)26-15(3)9-14(2)23-26/h9-11,13H,4-8,12H2,1-3H3. The summed E-state index contributed by atoms with van der Waals surface area (Å²) < 4.78 is 1.86. The van der Waals surface area contributed by atoms with Crippen LogP contribution < -0.4 is 4.90 Å². The van der Waals surface area contributed by atoms with Crippen molar-refractivity contribution in [3.05, 3.63) is 45.9 Å². The van der Waals surface area contributed by atoms with Crippen LogP contribution >= 0.6 is 11.3 Å². The summed E-state index contributed by atoms with van der Waals surface area (Å²) in [6.45, 7) is 11.0. The molecule has 4 heterocycles. The lowest BCUT2D eigenvalue weighted by Gasteiger charge is -2.34. The van der Waals surface area contributed by atoms with Gasteiger partial charge in [0.2, 0.25) is 0 Å². The summed E-state index contributed by atoms with van der Waals surface area (Å²) >= 11 is 1.76. The Balaban J connectivity index is 1.41. The molecule has 7 nitrogen and oxygen atoms in total. The van der Waals surface area contributed by atoms with E-state index in [-0.39, 0.29) is 0 Å². The second-order valence-electron chi connectivity index (χ2n) is 6.92. The van der Waals surface area contributed by atoms with Crippen molar-refractivity contribution in [3.63, 3.8) is 0 Å². The van der Waals surface area contributed by atoms with Crippen LogP contribution in [0.1, 0.15) is 29.0 Å². The summed E-state index contributed by atoms with van der Waals surface area (Å²) in [4.78, 5) is 18.6. The Morgan fingerprint density at radius 3 is 2.48 bits per heavy atom. The highest BCUT2D eigenvalue weighted by Crippen LogP contribution is 2.18. The molecule has 0 aliphatic carbocycles. The maximum atomic E-state index is 4.80. The van der Waals surface area contributed by atoms with Gasteiger partial charge in [0.25, 0.3) is 0 Å². The molecular formula is C19H25N7S. The summed E-state index contributed by atoms with van der Waals surface area (Å²) in [5.41, 5.74) is 3.25. The fourth-order valence-electron chi connectivity index (χ4n) is 3.41. The van der Waals surface area contributed by atoms with E-state index >= 15 is 0 Å². The third-order valence-corrected chi connectivity index (χ3v) is 5.86. The minimum absolute atomic E-state index is 0.773. The van der Waals surface area contributed by atoms with Gasteiger partial charge < -0.3 is 4.90 Å². The number of aromatic nitrogens is 5. The predicted octanol–water partition coefficient (Wildman–Crippen LogP) is 2.62. The molecule has 8 heteroatoms. The average molecular weight is 384 g/mol. The van der Waals surface area contributed by atoms with Crippen molar-refractivity contribution in [3.8, 4) is 5.82 Å². The molecule has 0 spiro atoms. The van der Waals surface area contributed by atoms with E-state index in [4.69, 9.17) is 4.98 Å². The number of hydrogen-bond donors (Lipinski definition) is 0. The zero-order chi connectivity index (χ0) is 18.8. The van der Waals surface area contributed by atoms with E-state index in [9.17, 15) is 0 Å². The third kappa shape index (κ3) is 4.01. The second kappa shape index (κ2) is 7.74. The first-order chi connectivity index (χ1) is 13.1. The number of nitrogens with zero attached hydrogens (tertiary/aromatic N) is 7. The van der Waals surface area contributed by atoms with E-state index in [2.05, 4.69) is 43.2 Å². The summed E-state index contributed by atoms with van der Waals surface area (Å²) in [6.07, 6.45) is 4.63. The van der Waals surface area contributed by atoms with E-state index in [1.165, 1.54) is 10.7 Å². The average Bonchev–Trinajstić information content (AvgIpc) is 3.28. The van der Waals surface area contributed by atoms with Crippen molar-refractivity contribution < 1.29 is 0 Å². The van der Waals surface area contributed by atoms with Crippen molar-refractivity contribution in [1.29, 1.82) is 0 Å². The van der Waals surface area contributed by atoms with Crippen LogP contribution in [0, 0.1) is 13.8 Å². The fraction of sp³-hybridized carbons (Fsp3) is 0.474. The van der Waals surface area contributed by atoms with Crippen LogP contribution in [0.15, 0.2) is 23.8 Å².